The Morgan fingerprint density at radius 2 is 2.32 bits per heavy atom. The van der Waals surface area contributed by atoms with Crippen molar-refractivity contribution in [2.75, 3.05) is 32.1 Å². The fraction of sp³-hybridized carbons (Fsp3) is 0.400. The summed E-state index contributed by atoms with van der Waals surface area (Å²) in [6.07, 6.45) is 2.70. The van der Waals surface area contributed by atoms with Gasteiger partial charge in [0.05, 0.1) is 0 Å². The van der Waals surface area contributed by atoms with Gasteiger partial charge in [-0.15, -0.1) is 0 Å². The average molecular weight is 260 g/mol. The quantitative estimate of drug-likeness (QED) is 0.850. The van der Waals surface area contributed by atoms with Crippen LogP contribution in [-0.2, 0) is 4.74 Å². The van der Waals surface area contributed by atoms with Gasteiger partial charge in [0.2, 0.25) is 0 Å². The second-order valence-corrected chi connectivity index (χ2v) is 4.95. The monoisotopic (exact) mass is 260 g/mol. The van der Waals surface area contributed by atoms with Crippen LogP contribution >= 0.6 is 0 Å². The van der Waals surface area contributed by atoms with Crippen LogP contribution in [0, 0.1) is 6.92 Å². The first-order valence-corrected chi connectivity index (χ1v) is 6.50. The van der Waals surface area contributed by atoms with E-state index in [0.29, 0.717) is 6.61 Å². The smallest absolute Gasteiger partial charge is 0.411 e. The highest BCUT2D eigenvalue weighted by atomic mass is 16.5. The molecule has 0 saturated carbocycles. The van der Waals surface area contributed by atoms with E-state index in [-0.39, 0.29) is 0 Å². The molecular weight excluding hydrogens is 240 g/mol. The molecule has 1 aromatic rings. The molecule has 0 aliphatic carbocycles. The number of likely N-dealkylation sites (N-methyl/N-ethyl adjacent to an activating group) is 1. The van der Waals surface area contributed by atoms with Gasteiger partial charge in [0.1, 0.15) is 6.61 Å². The minimum absolute atomic E-state index is 0.380. The maximum Gasteiger partial charge on any atom is 0.411 e. The Morgan fingerprint density at radius 1 is 1.47 bits per heavy atom. The SMILES string of the molecule is Cc1cccc(NC(=O)OCC2=CCN(C)CC2)c1. The topological polar surface area (TPSA) is 41.6 Å². The number of hydrogen-bond donors (Lipinski definition) is 1. The molecular formula is C15H20N2O2. The number of nitrogens with one attached hydrogen (secondary N) is 1. The van der Waals surface area contributed by atoms with Crippen LogP contribution in [0.25, 0.3) is 0 Å². The zero-order valence-corrected chi connectivity index (χ0v) is 11.5. The summed E-state index contributed by atoms with van der Waals surface area (Å²) >= 11 is 0. The van der Waals surface area contributed by atoms with Gasteiger partial charge in [0.15, 0.2) is 0 Å². The lowest BCUT2D eigenvalue weighted by molar-refractivity contribution is 0.169. The molecule has 19 heavy (non-hydrogen) atoms. The molecule has 0 aromatic heterocycles. The maximum absolute atomic E-state index is 11.7. The molecule has 0 radical (unpaired) electrons. The van der Waals surface area contributed by atoms with E-state index in [2.05, 4.69) is 23.3 Å². The van der Waals surface area contributed by atoms with E-state index in [9.17, 15) is 4.79 Å². The van der Waals surface area contributed by atoms with E-state index in [4.69, 9.17) is 4.74 Å². The van der Waals surface area contributed by atoms with Gasteiger partial charge in [-0.1, -0.05) is 18.2 Å². The van der Waals surface area contributed by atoms with E-state index in [1.807, 2.05) is 31.2 Å². The summed E-state index contributed by atoms with van der Waals surface area (Å²) in [4.78, 5) is 13.9. The second-order valence-electron chi connectivity index (χ2n) is 4.95. The van der Waals surface area contributed by atoms with E-state index in [0.717, 1.165) is 30.8 Å². The maximum atomic E-state index is 11.7. The number of amides is 1. The molecule has 0 bridgehead atoms. The lowest BCUT2D eigenvalue weighted by Crippen LogP contribution is -2.26. The molecule has 0 saturated heterocycles. The molecule has 0 atom stereocenters. The number of carbonyl (C=O) groups is 1. The predicted octanol–water partition coefficient (Wildman–Crippen LogP) is 2.81. The summed E-state index contributed by atoms with van der Waals surface area (Å²) in [7, 11) is 2.08. The number of benzene rings is 1. The van der Waals surface area contributed by atoms with Crippen molar-refractivity contribution in [2.24, 2.45) is 0 Å². The van der Waals surface area contributed by atoms with Crippen molar-refractivity contribution >= 4 is 11.8 Å². The Bertz CT molecular complexity index is 483. The van der Waals surface area contributed by atoms with Crippen LogP contribution in [0.2, 0.25) is 0 Å². The van der Waals surface area contributed by atoms with Crippen molar-refractivity contribution < 1.29 is 9.53 Å². The van der Waals surface area contributed by atoms with Crippen molar-refractivity contribution in [1.29, 1.82) is 0 Å². The minimum atomic E-state index is -0.398. The van der Waals surface area contributed by atoms with Crippen LogP contribution in [0.5, 0.6) is 0 Å². The molecule has 4 nitrogen and oxygen atoms in total. The summed E-state index contributed by atoms with van der Waals surface area (Å²) in [5.41, 5.74) is 3.07. The molecule has 1 aliphatic rings. The standard InChI is InChI=1S/C15H20N2O2/c1-12-4-3-5-14(10-12)16-15(18)19-11-13-6-8-17(2)9-7-13/h3-6,10H,7-9,11H2,1-2H3,(H,16,18). The molecule has 102 valence electrons. The van der Waals surface area contributed by atoms with Gasteiger partial charge in [0, 0.05) is 18.8 Å². The highest BCUT2D eigenvalue weighted by Gasteiger charge is 2.10. The van der Waals surface area contributed by atoms with Gasteiger partial charge < -0.3 is 9.64 Å². The molecule has 1 aromatic carbocycles. The third-order valence-electron chi connectivity index (χ3n) is 3.16. The zero-order chi connectivity index (χ0) is 13.7. The Hall–Kier alpha value is -1.81. The second kappa shape index (κ2) is 6.38. The number of aryl methyl sites for hydroxylation is 1. The van der Waals surface area contributed by atoms with Crippen LogP contribution in [0.15, 0.2) is 35.9 Å². The first-order chi connectivity index (χ1) is 9.13. The molecule has 1 aliphatic heterocycles. The summed E-state index contributed by atoms with van der Waals surface area (Å²) in [5.74, 6) is 0. The number of nitrogens with zero attached hydrogens (tertiary/aromatic N) is 1. The van der Waals surface area contributed by atoms with Gasteiger partial charge in [-0.25, -0.2) is 4.79 Å². The number of rotatable bonds is 3. The average Bonchev–Trinajstić information content (AvgIpc) is 2.38. The van der Waals surface area contributed by atoms with Crippen LogP contribution in [0.4, 0.5) is 10.5 Å². The number of anilines is 1. The highest BCUT2D eigenvalue weighted by molar-refractivity contribution is 5.84. The van der Waals surface area contributed by atoms with Crippen LogP contribution < -0.4 is 5.32 Å². The third kappa shape index (κ3) is 4.41. The van der Waals surface area contributed by atoms with Crippen molar-refractivity contribution in [3.63, 3.8) is 0 Å². The van der Waals surface area contributed by atoms with Crippen molar-refractivity contribution in [2.45, 2.75) is 13.3 Å². The molecule has 0 unspecified atom stereocenters. The van der Waals surface area contributed by atoms with Crippen molar-refractivity contribution in [3.8, 4) is 0 Å². The predicted molar refractivity (Wildman–Crippen MR) is 76.3 cm³/mol. The first-order valence-electron chi connectivity index (χ1n) is 6.50. The minimum Gasteiger partial charge on any atom is -0.445 e. The van der Waals surface area contributed by atoms with E-state index in [1.54, 1.807) is 0 Å². The van der Waals surface area contributed by atoms with Gasteiger partial charge in [-0.05, 0) is 43.7 Å². The van der Waals surface area contributed by atoms with Crippen molar-refractivity contribution in [3.05, 3.63) is 41.5 Å². The number of carbonyl (C=O) groups excluding carboxylic acids is 1. The highest BCUT2D eigenvalue weighted by Crippen LogP contribution is 2.12. The Labute approximate surface area is 114 Å². The van der Waals surface area contributed by atoms with E-state index < -0.39 is 6.09 Å². The van der Waals surface area contributed by atoms with Gasteiger partial charge >= 0.3 is 6.09 Å². The summed E-state index contributed by atoms with van der Waals surface area (Å²) in [5, 5.41) is 2.73. The third-order valence-corrected chi connectivity index (χ3v) is 3.16. The summed E-state index contributed by atoms with van der Waals surface area (Å²) in [6.45, 7) is 4.32. The lowest BCUT2D eigenvalue weighted by Gasteiger charge is -2.21. The summed E-state index contributed by atoms with van der Waals surface area (Å²) in [6, 6.07) is 7.66. The molecule has 1 N–H and O–H groups in total. The molecule has 2 rings (SSSR count). The van der Waals surface area contributed by atoms with E-state index >= 15 is 0 Å². The molecule has 4 heteroatoms. The molecule has 0 spiro atoms. The molecule has 1 heterocycles. The fourth-order valence-electron chi connectivity index (χ4n) is 1.98. The molecule has 0 fully saturated rings. The van der Waals surface area contributed by atoms with Crippen LogP contribution in [-0.4, -0.2) is 37.7 Å². The largest absolute Gasteiger partial charge is 0.445 e. The number of ether oxygens (including phenoxy) is 1. The normalized spacial score (nSPS) is 15.8. The fourth-order valence-corrected chi connectivity index (χ4v) is 1.98. The van der Waals surface area contributed by atoms with Crippen LogP contribution in [0.1, 0.15) is 12.0 Å². The summed E-state index contributed by atoms with van der Waals surface area (Å²) < 4.78 is 5.22. The number of hydrogen-bond acceptors (Lipinski definition) is 3. The van der Waals surface area contributed by atoms with Gasteiger partial charge in [-0.2, -0.15) is 0 Å². The lowest BCUT2D eigenvalue weighted by atomic mass is 10.1. The van der Waals surface area contributed by atoms with Gasteiger partial charge in [0.25, 0.3) is 0 Å². The zero-order valence-electron chi connectivity index (χ0n) is 11.5. The Balaban J connectivity index is 1.79. The Morgan fingerprint density at radius 3 is 3.00 bits per heavy atom. The van der Waals surface area contributed by atoms with E-state index in [1.165, 1.54) is 5.57 Å². The Kier molecular flexibility index (Phi) is 4.58. The van der Waals surface area contributed by atoms with Crippen LogP contribution in [0.3, 0.4) is 0 Å². The first kappa shape index (κ1) is 13.6. The molecule has 1 amide bonds. The van der Waals surface area contributed by atoms with Crippen molar-refractivity contribution in [1.82, 2.24) is 4.90 Å². The van der Waals surface area contributed by atoms with Gasteiger partial charge in [-0.3, -0.25) is 5.32 Å².